The standard InChI is InChI=1S/C20H27ClN6O3/c1-3-22-19(26-10-12-27(13-11-26)20(28)29-4-2)23-9-8-17-24-18(25-30-17)15-6-5-7-16(21)14-15/h5-7,14H,3-4,8-13H2,1-2H3,(H,22,23). The van der Waals surface area contributed by atoms with Crippen molar-refractivity contribution in [2.24, 2.45) is 4.99 Å². The average molecular weight is 435 g/mol. The summed E-state index contributed by atoms with van der Waals surface area (Å²) >= 11 is 6.02. The molecule has 0 radical (unpaired) electrons. The van der Waals surface area contributed by atoms with Crippen LogP contribution < -0.4 is 5.32 Å². The third kappa shape index (κ3) is 5.85. The lowest BCUT2D eigenvalue weighted by Gasteiger charge is -2.35. The molecule has 9 nitrogen and oxygen atoms in total. The van der Waals surface area contributed by atoms with E-state index < -0.39 is 0 Å². The average Bonchev–Trinajstić information content (AvgIpc) is 3.22. The second kappa shape index (κ2) is 10.8. The first-order chi connectivity index (χ1) is 14.6. The maximum absolute atomic E-state index is 11.9. The van der Waals surface area contributed by atoms with E-state index in [1.54, 1.807) is 17.0 Å². The number of aromatic nitrogens is 2. The molecule has 1 saturated heterocycles. The summed E-state index contributed by atoms with van der Waals surface area (Å²) in [5.41, 5.74) is 0.814. The molecule has 3 rings (SSSR count). The monoisotopic (exact) mass is 434 g/mol. The second-order valence-corrected chi connectivity index (χ2v) is 7.12. The lowest BCUT2D eigenvalue weighted by Crippen LogP contribution is -2.54. The third-order valence-electron chi connectivity index (χ3n) is 4.58. The van der Waals surface area contributed by atoms with Crippen molar-refractivity contribution in [3.63, 3.8) is 0 Å². The molecule has 1 amide bonds. The summed E-state index contributed by atoms with van der Waals surface area (Å²) in [7, 11) is 0. The van der Waals surface area contributed by atoms with Crippen LogP contribution in [-0.2, 0) is 11.2 Å². The number of hydrogen-bond donors (Lipinski definition) is 1. The summed E-state index contributed by atoms with van der Waals surface area (Å²) in [6.07, 6.45) is 0.275. The van der Waals surface area contributed by atoms with Gasteiger partial charge in [-0.2, -0.15) is 4.98 Å². The van der Waals surface area contributed by atoms with Crippen LogP contribution in [-0.4, -0.2) is 77.9 Å². The molecule has 1 N–H and O–H groups in total. The number of rotatable bonds is 6. The molecule has 1 aliphatic heterocycles. The van der Waals surface area contributed by atoms with Crippen molar-refractivity contribution < 1.29 is 14.1 Å². The molecular weight excluding hydrogens is 408 g/mol. The maximum atomic E-state index is 11.9. The predicted molar refractivity (Wildman–Crippen MR) is 115 cm³/mol. The summed E-state index contributed by atoms with van der Waals surface area (Å²) in [6, 6.07) is 7.34. The SMILES string of the molecule is CCNC(=NCCc1nc(-c2cccc(Cl)c2)no1)N1CCN(C(=O)OCC)CC1. The molecule has 30 heavy (non-hydrogen) atoms. The summed E-state index contributed by atoms with van der Waals surface area (Å²) in [4.78, 5) is 24.8. The number of amides is 1. The number of hydrogen-bond acceptors (Lipinski definition) is 6. The van der Waals surface area contributed by atoms with Crippen molar-refractivity contribution in [2.45, 2.75) is 20.3 Å². The van der Waals surface area contributed by atoms with Crippen molar-refractivity contribution in [3.8, 4) is 11.4 Å². The van der Waals surface area contributed by atoms with Gasteiger partial charge < -0.3 is 24.4 Å². The molecule has 1 aromatic carbocycles. The van der Waals surface area contributed by atoms with Crippen LogP contribution in [0.1, 0.15) is 19.7 Å². The van der Waals surface area contributed by atoms with E-state index in [0.29, 0.717) is 62.5 Å². The van der Waals surface area contributed by atoms with Crippen LogP contribution in [0.3, 0.4) is 0 Å². The Labute approximate surface area is 181 Å². The van der Waals surface area contributed by atoms with Gasteiger partial charge in [0, 0.05) is 49.7 Å². The Kier molecular flexibility index (Phi) is 7.89. The van der Waals surface area contributed by atoms with E-state index in [2.05, 4.69) is 25.3 Å². The number of carbonyl (C=O) groups is 1. The van der Waals surface area contributed by atoms with Crippen molar-refractivity contribution in [1.82, 2.24) is 25.3 Å². The molecule has 1 aromatic heterocycles. The van der Waals surface area contributed by atoms with Gasteiger partial charge in [0.2, 0.25) is 11.7 Å². The lowest BCUT2D eigenvalue weighted by molar-refractivity contribution is 0.0914. The van der Waals surface area contributed by atoms with Gasteiger partial charge in [-0.3, -0.25) is 4.99 Å². The molecule has 0 saturated carbocycles. The smallest absolute Gasteiger partial charge is 0.409 e. The van der Waals surface area contributed by atoms with Gasteiger partial charge in [-0.05, 0) is 26.0 Å². The number of ether oxygens (including phenoxy) is 1. The number of aliphatic imine (C=N–C) groups is 1. The molecule has 0 aliphatic carbocycles. The van der Waals surface area contributed by atoms with Crippen LogP contribution in [0.4, 0.5) is 4.79 Å². The number of piperazine rings is 1. The number of carbonyl (C=O) groups excluding carboxylic acids is 1. The van der Waals surface area contributed by atoms with Crippen LogP contribution >= 0.6 is 11.6 Å². The Hall–Kier alpha value is -2.81. The predicted octanol–water partition coefficient (Wildman–Crippen LogP) is 2.67. The van der Waals surface area contributed by atoms with Crippen LogP contribution in [0.25, 0.3) is 11.4 Å². The van der Waals surface area contributed by atoms with E-state index in [0.717, 1.165) is 18.1 Å². The summed E-state index contributed by atoms with van der Waals surface area (Å²) in [5, 5.41) is 7.95. The van der Waals surface area contributed by atoms with Gasteiger partial charge in [-0.1, -0.05) is 28.9 Å². The van der Waals surface area contributed by atoms with E-state index in [9.17, 15) is 4.79 Å². The Bertz CT molecular complexity index is 864. The Morgan fingerprint density at radius 2 is 2.03 bits per heavy atom. The molecule has 162 valence electrons. The normalized spacial score (nSPS) is 14.7. The quantitative estimate of drug-likeness (QED) is 0.551. The molecule has 10 heteroatoms. The highest BCUT2D eigenvalue weighted by Crippen LogP contribution is 2.20. The van der Waals surface area contributed by atoms with Crippen molar-refractivity contribution in [1.29, 1.82) is 0 Å². The Morgan fingerprint density at radius 3 is 2.73 bits per heavy atom. The fraction of sp³-hybridized carbons (Fsp3) is 0.500. The first-order valence-electron chi connectivity index (χ1n) is 10.1. The number of nitrogens with one attached hydrogen (secondary N) is 1. The van der Waals surface area contributed by atoms with Crippen molar-refractivity contribution in [2.75, 3.05) is 45.9 Å². The zero-order valence-corrected chi connectivity index (χ0v) is 18.1. The van der Waals surface area contributed by atoms with Gasteiger partial charge in [-0.25, -0.2) is 4.79 Å². The van der Waals surface area contributed by atoms with Gasteiger partial charge >= 0.3 is 6.09 Å². The molecule has 0 spiro atoms. The number of halogens is 1. The fourth-order valence-corrected chi connectivity index (χ4v) is 3.29. The minimum Gasteiger partial charge on any atom is -0.450 e. The highest BCUT2D eigenvalue weighted by Gasteiger charge is 2.23. The molecule has 2 aromatic rings. The van der Waals surface area contributed by atoms with Crippen LogP contribution in [0.5, 0.6) is 0 Å². The molecule has 0 atom stereocenters. The molecular formula is C20H27ClN6O3. The van der Waals surface area contributed by atoms with Gasteiger partial charge in [0.05, 0.1) is 13.2 Å². The van der Waals surface area contributed by atoms with Crippen LogP contribution in [0.2, 0.25) is 5.02 Å². The summed E-state index contributed by atoms with van der Waals surface area (Å²) < 4.78 is 10.4. The van der Waals surface area contributed by atoms with Crippen molar-refractivity contribution >= 4 is 23.7 Å². The topological polar surface area (TPSA) is 96.1 Å². The van der Waals surface area contributed by atoms with E-state index in [1.165, 1.54) is 0 Å². The first kappa shape index (κ1) is 21.9. The van der Waals surface area contributed by atoms with Gasteiger partial charge in [0.1, 0.15) is 0 Å². The Morgan fingerprint density at radius 1 is 1.27 bits per heavy atom. The summed E-state index contributed by atoms with van der Waals surface area (Å²) in [5.74, 6) is 1.85. The first-order valence-corrected chi connectivity index (χ1v) is 10.5. The molecule has 1 fully saturated rings. The maximum Gasteiger partial charge on any atom is 0.409 e. The minimum atomic E-state index is -0.258. The van der Waals surface area contributed by atoms with E-state index in [1.807, 2.05) is 26.0 Å². The van der Waals surface area contributed by atoms with E-state index in [-0.39, 0.29) is 6.09 Å². The highest BCUT2D eigenvalue weighted by atomic mass is 35.5. The Balaban J connectivity index is 1.55. The molecule has 0 unspecified atom stereocenters. The van der Waals surface area contributed by atoms with Gasteiger partial charge in [0.15, 0.2) is 5.96 Å². The van der Waals surface area contributed by atoms with Crippen molar-refractivity contribution in [3.05, 3.63) is 35.2 Å². The van der Waals surface area contributed by atoms with Crippen LogP contribution in [0.15, 0.2) is 33.8 Å². The lowest BCUT2D eigenvalue weighted by atomic mass is 10.2. The molecule has 2 heterocycles. The number of guanidine groups is 1. The fourth-order valence-electron chi connectivity index (χ4n) is 3.10. The highest BCUT2D eigenvalue weighted by molar-refractivity contribution is 6.30. The second-order valence-electron chi connectivity index (χ2n) is 6.68. The largest absolute Gasteiger partial charge is 0.450 e. The minimum absolute atomic E-state index is 0.258. The van der Waals surface area contributed by atoms with E-state index >= 15 is 0 Å². The summed E-state index contributed by atoms with van der Waals surface area (Å²) in [6.45, 7) is 8.11. The van der Waals surface area contributed by atoms with E-state index in [4.69, 9.17) is 20.9 Å². The zero-order valence-electron chi connectivity index (χ0n) is 17.3. The molecule has 1 aliphatic rings. The number of nitrogens with zero attached hydrogens (tertiary/aromatic N) is 5. The van der Waals surface area contributed by atoms with Gasteiger partial charge in [0.25, 0.3) is 0 Å². The third-order valence-corrected chi connectivity index (χ3v) is 4.81. The number of benzene rings is 1. The molecule has 0 bridgehead atoms. The van der Waals surface area contributed by atoms with Crippen LogP contribution in [0, 0.1) is 0 Å². The van der Waals surface area contributed by atoms with Gasteiger partial charge in [-0.15, -0.1) is 0 Å². The zero-order chi connectivity index (χ0) is 21.3.